The lowest BCUT2D eigenvalue weighted by atomic mass is 10.1. The summed E-state index contributed by atoms with van der Waals surface area (Å²) < 4.78 is 39.6. The first-order chi connectivity index (χ1) is 12.9. The first kappa shape index (κ1) is 19.0. The van der Waals surface area contributed by atoms with E-state index in [4.69, 9.17) is 0 Å². The number of sulfonamides is 1. The van der Waals surface area contributed by atoms with Crippen molar-refractivity contribution in [1.29, 1.82) is 0 Å². The van der Waals surface area contributed by atoms with Gasteiger partial charge in [-0.05, 0) is 42.7 Å². The van der Waals surface area contributed by atoms with Gasteiger partial charge >= 0.3 is 0 Å². The van der Waals surface area contributed by atoms with E-state index < -0.39 is 27.8 Å². The molecule has 0 aromatic heterocycles. The molecule has 2 aromatic rings. The smallest absolute Gasteiger partial charge is 0.264 e. The van der Waals surface area contributed by atoms with Crippen molar-refractivity contribution >= 4 is 21.8 Å². The lowest BCUT2D eigenvalue weighted by Gasteiger charge is -2.24. The highest BCUT2D eigenvalue weighted by atomic mass is 32.2. The van der Waals surface area contributed by atoms with Gasteiger partial charge in [0, 0.05) is 6.54 Å². The number of nitrogens with one attached hydrogen (secondary N) is 1. The predicted octanol–water partition coefficient (Wildman–Crippen LogP) is 1.86. The van der Waals surface area contributed by atoms with E-state index in [0.29, 0.717) is 19.4 Å². The average molecular weight is 390 g/mol. The molecule has 1 aliphatic heterocycles. The van der Waals surface area contributed by atoms with Gasteiger partial charge in [-0.15, -0.1) is 0 Å². The lowest BCUT2D eigenvalue weighted by Crippen LogP contribution is -2.48. The molecule has 0 radical (unpaired) electrons. The topological polar surface area (TPSA) is 83.6 Å². The van der Waals surface area contributed by atoms with Crippen LogP contribution in [-0.2, 0) is 26.0 Å². The lowest BCUT2D eigenvalue weighted by molar-refractivity contribution is -0.137. The van der Waals surface area contributed by atoms with Gasteiger partial charge in [-0.2, -0.15) is 0 Å². The first-order valence-corrected chi connectivity index (χ1v) is 10.0. The van der Waals surface area contributed by atoms with Crippen molar-refractivity contribution < 1.29 is 22.4 Å². The van der Waals surface area contributed by atoms with Crippen molar-refractivity contribution in [1.82, 2.24) is 9.62 Å². The third-order valence-electron chi connectivity index (χ3n) is 4.43. The van der Waals surface area contributed by atoms with E-state index in [0.717, 1.165) is 29.8 Å². The maximum absolute atomic E-state index is 13.0. The second-order valence-electron chi connectivity index (χ2n) is 6.33. The van der Waals surface area contributed by atoms with Crippen molar-refractivity contribution in [2.24, 2.45) is 0 Å². The van der Waals surface area contributed by atoms with Crippen LogP contribution in [0.25, 0.3) is 0 Å². The fourth-order valence-corrected chi connectivity index (χ4v) is 4.10. The minimum absolute atomic E-state index is 0.148. The van der Waals surface area contributed by atoms with Crippen molar-refractivity contribution in [3.8, 4) is 0 Å². The van der Waals surface area contributed by atoms with Gasteiger partial charge in [0.1, 0.15) is 11.9 Å². The van der Waals surface area contributed by atoms with Crippen LogP contribution < -0.4 is 4.72 Å². The second kappa shape index (κ2) is 7.87. The average Bonchev–Trinajstić information content (AvgIpc) is 3.13. The van der Waals surface area contributed by atoms with Gasteiger partial charge in [0.15, 0.2) is 0 Å². The standard InChI is InChI=1S/C19H19FN2O4S/c20-15-8-10-16(11-9-15)27(25,26)21-19(24)17-7-4-12-22(17)18(23)13-14-5-2-1-3-6-14/h1-3,5-6,8-11,17H,4,7,12-13H2,(H,21,24). The largest absolute Gasteiger partial charge is 0.330 e. The van der Waals surface area contributed by atoms with E-state index in [1.807, 2.05) is 35.1 Å². The Hall–Kier alpha value is -2.74. The minimum Gasteiger partial charge on any atom is -0.330 e. The van der Waals surface area contributed by atoms with E-state index >= 15 is 0 Å². The van der Waals surface area contributed by atoms with E-state index in [1.165, 1.54) is 4.90 Å². The number of benzene rings is 2. The number of amides is 2. The van der Waals surface area contributed by atoms with Crippen LogP contribution in [-0.4, -0.2) is 37.7 Å². The first-order valence-electron chi connectivity index (χ1n) is 8.52. The maximum Gasteiger partial charge on any atom is 0.264 e. The number of rotatable bonds is 5. The highest BCUT2D eigenvalue weighted by Crippen LogP contribution is 2.20. The van der Waals surface area contributed by atoms with Crippen molar-refractivity contribution in [2.75, 3.05) is 6.54 Å². The van der Waals surface area contributed by atoms with E-state index in [1.54, 1.807) is 0 Å². The number of carbonyl (C=O) groups is 2. The van der Waals surface area contributed by atoms with E-state index in [2.05, 4.69) is 0 Å². The Morgan fingerprint density at radius 1 is 1.07 bits per heavy atom. The molecule has 1 N–H and O–H groups in total. The minimum atomic E-state index is -4.13. The molecule has 1 atom stereocenters. The fourth-order valence-electron chi connectivity index (χ4n) is 3.08. The molecule has 3 rings (SSSR count). The third kappa shape index (κ3) is 4.51. The fraction of sp³-hybridized carbons (Fsp3) is 0.263. The SMILES string of the molecule is O=C(NS(=O)(=O)c1ccc(F)cc1)C1CCCN1C(=O)Cc1ccccc1. The van der Waals surface area contributed by atoms with Gasteiger partial charge < -0.3 is 4.90 Å². The zero-order chi connectivity index (χ0) is 19.4. The molecule has 1 saturated heterocycles. The molecule has 2 aromatic carbocycles. The van der Waals surface area contributed by atoms with Crippen LogP contribution in [0.2, 0.25) is 0 Å². The molecule has 0 saturated carbocycles. The summed E-state index contributed by atoms with van der Waals surface area (Å²) in [6.45, 7) is 0.403. The van der Waals surface area contributed by atoms with Crippen LogP contribution in [0, 0.1) is 5.82 Å². The van der Waals surface area contributed by atoms with Crippen LogP contribution in [0.5, 0.6) is 0 Å². The quantitative estimate of drug-likeness (QED) is 0.845. The van der Waals surface area contributed by atoms with Gasteiger partial charge in [0.05, 0.1) is 11.3 Å². The van der Waals surface area contributed by atoms with Gasteiger partial charge in [0.2, 0.25) is 5.91 Å². The summed E-state index contributed by atoms with van der Waals surface area (Å²) in [5.74, 6) is -1.55. The normalized spacial score (nSPS) is 16.9. The molecular formula is C19H19FN2O4S. The molecule has 2 amide bonds. The van der Waals surface area contributed by atoms with Crippen molar-refractivity contribution in [3.05, 3.63) is 66.0 Å². The molecule has 0 bridgehead atoms. The summed E-state index contributed by atoms with van der Waals surface area (Å²) in [4.78, 5) is 26.3. The Bertz CT molecular complexity index is 930. The van der Waals surface area contributed by atoms with Crippen LogP contribution >= 0.6 is 0 Å². The second-order valence-corrected chi connectivity index (χ2v) is 8.01. The van der Waals surface area contributed by atoms with Gasteiger partial charge in [-0.25, -0.2) is 17.5 Å². The Morgan fingerprint density at radius 3 is 2.41 bits per heavy atom. The molecule has 1 heterocycles. The Labute approximate surface area is 157 Å². The molecule has 8 heteroatoms. The summed E-state index contributed by atoms with van der Waals surface area (Å²) in [6.07, 6.45) is 1.16. The number of halogens is 1. The van der Waals surface area contributed by atoms with Gasteiger partial charge in [0.25, 0.3) is 15.9 Å². The Morgan fingerprint density at radius 2 is 1.74 bits per heavy atom. The maximum atomic E-state index is 13.0. The molecule has 27 heavy (non-hydrogen) atoms. The Balaban J connectivity index is 1.69. The highest BCUT2D eigenvalue weighted by Gasteiger charge is 2.35. The highest BCUT2D eigenvalue weighted by molar-refractivity contribution is 7.90. The number of hydrogen-bond donors (Lipinski definition) is 1. The Kier molecular flexibility index (Phi) is 5.55. The molecular weight excluding hydrogens is 371 g/mol. The number of carbonyl (C=O) groups excluding carboxylic acids is 2. The third-order valence-corrected chi connectivity index (χ3v) is 5.80. The monoisotopic (exact) mass is 390 g/mol. The van der Waals surface area contributed by atoms with Crippen molar-refractivity contribution in [3.63, 3.8) is 0 Å². The van der Waals surface area contributed by atoms with Gasteiger partial charge in [-0.3, -0.25) is 9.59 Å². The number of likely N-dealkylation sites (tertiary alicyclic amines) is 1. The molecule has 6 nitrogen and oxygen atoms in total. The van der Waals surface area contributed by atoms with Crippen LogP contribution in [0.15, 0.2) is 59.5 Å². The number of hydrogen-bond acceptors (Lipinski definition) is 4. The van der Waals surface area contributed by atoms with Crippen LogP contribution in [0.1, 0.15) is 18.4 Å². The van der Waals surface area contributed by atoms with Crippen LogP contribution in [0.3, 0.4) is 0 Å². The molecule has 0 spiro atoms. The molecule has 142 valence electrons. The van der Waals surface area contributed by atoms with Gasteiger partial charge in [-0.1, -0.05) is 30.3 Å². The summed E-state index contributed by atoms with van der Waals surface area (Å²) in [5, 5.41) is 0. The van der Waals surface area contributed by atoms with E-state index in [9.17, 15) is 22.4 Å². The van der Waals surface area contributed by atoms with Crippen molar-refractivity contribution in [2.45, 2.75) is 30.2 Å². The summed E-state index contributed by atoms with van der Waals surface area (Å²) in [5.41, 5.74) is 0.826. The summed E-state index contributed by atoms with van der Waals surface area (Å²) in [7, 11) is -4.13. The zero-order valence-corrected chi connectivity index (χ0v) is 15.3. The zero-order valence-electron chi connectivity index (χ0n) is 14.5. The molecule has 1 aliphatic rings. The molecule has 0 aliphatic carbocycles. The molecule has 1 fully saturated rings. The summed E-state index contributed by atoms with van der Waals surface area (Å²) >= 11 is 0. The summed E-state index contributed by atoms with van der Waals surface area (Å²) in [6, 6.07) is 12.5. The van der Waals surface area contributed by atoms with E-state index in [-0.39, 0.29) is 17.2 Å². The van der Waals surface area contributed by atoms with Crippen LogP contribution in [0.4, 0.5) is 4.39 Å². The number of nitrogens with zero attached hydrogens (tertiary/aromatic N) is 1. The molecule has 1 unspecified atom stereocenters. The predicted molar refractivity (Wildman–Crippen MR) is 96.6 cm³/mol.